The fourth-order valence-electron chi connectivity index (χ4n) is 0.309. The van der Waals surface area contributed by atoms with Gasteiger partial charge in [-0.1, -0.05) is 0 Å². The molecular weight excluding hydrogens is 146 g/mol. The van der Waals surface area contributed by atoms with Gasteiger partial charge in [0.15, 0.2) is 0 Å². The molecule has 0 aromatic rings. The lowest BCUT2D eigenvalue weighted by molar-refractivity contribution is 0.357. The summed E-state index contributed by atoms with van der Waals surface area (Å²) in [5.41, 5.74) is 0. The third-order valence-corrected chi connectivity index (χ3v) is 1.03. The first-order valence-corrected chi connectivity index (χ1v) is 2.51. The Kier molecular flexibility index (Phi) is 1.10. The molecule has 0 aromatic heterocycles. The van der Waals surface area contributed by atoms with E-state index < -0.39 is 0 Å². The second kappa shape index (κ2) is 1.60. The van der Waals surface area contributed by atoms with E-state index in [-0.39, 0.29) is 0 Å². The van der Waals surface area contributed by atoms with E-state index in [4.69, 9.17) is 4.74 Å². The van der Waals surface area contributed by atoms with Crippen LogP contribution in [0.5, 0.6) is 0 Å². The van der Waals surface area contributed by atoms with Crippen LogP contribution in [0.25, 0.3) is 0 Å². The van der Waals surface area contributed by atoms with Crippen LogP contribution in [0.15, 0.2) is 4.99 Å². The van der Waals surface area contributed by atoms with Crippen LogP contribution >= 0.6 is 15.9 Å². The van der Waals surface area contributed by atoms with E-state index in [9.17, 15) is 0 Å². The van der Waals surface area contributed by atoms with Crippen molar-refractivity contribution in [2.75, 3.05) is 13.2 Å². The summed E-state index contributed by atoms with van der Waals surface area (Å²) in [4.78, 5) is 4.49. The number of halogens is 1. The molecule has 6 heavy (non-hydrogen) atoms. The normalized spacial score (nSPS) is 19.8. The van der Waals surface area contributed by atoms with E-state index in [0.29, 0.717) is 4.81 Å². The molecule has 0 spiro atoms. The molecule has 0 saturated carbocycles. The highest BCUT2D eigenvalue weighted by molar-refractivity contribution is 9.18. The lowest BCUT2D eigenvalue weighted by Crippen LogP contribution is -1.85. The van der Waals surface area contributed by atoms with Crippen molar-refractivity contribution >= 4 is 20.7 Å². The molecule has 34 valence electrons. The Hall–Kier alpha value is -0.0500. The summed E-state index contributed by atoms with van der Waals surface area (Å²) < 4.78 is 4.82. The van der Waals surface area contributed by atoms with Gasteiger partial charge >= 0.3 is 0 Å². The van der Waals surface area contributed by atoms with Gasteiger partial charge in [-0.3, -0.25) is 0 Å². The Morgan fingerprint density at radius 2 is 2.67 bits per heavy atom. The van der Waals surface area contributed by atoms with E-state index in [1.165, 1.54) is 0 Å². The molecule has 0 fully saturated rings. The van der Waals surface area contributed by atoms with Gasteiger partial charge in [-0.05, 0) is 0 Å². The van der Waals surface area contributed by atoms with Crippen LogP contribution in [-0.4, -0.2) is 18.0 Å². The topological polar surface area (TPSA) is 21.6 Å². The third-order valence-electron chi connectivity index (χ3n) is 0.549. The zero-order chi connectivity index (χ0) is 4.41. The van der Waals surface area contributed by atoms with Gasteiger partial charge in [0.05, 0.1) is 6.54 Å². The standard InChI is InChI=1S/C3H4BrNO/c4-3-5-1-2-6-3/h1-2H2. The van der Waals surface area contributed by atoms with E-state index in [1.807, 2.05) is 0 Å². The van der Waals surface area contributed by atoms with Crippen LogP contribution in [0.1, 0.15) is 0 Å². The molecule has 1 aliphatic heterocycles. The van der Waals surface area contributed by atoms with Crippen LogP contribution in [0, 0.1) is 0 Å². The molecular formula is C3H4BrNO. The molecule has 0 aliphatic carbocycles. The zero-order valence-electron chi connectivity index (χ0n) is 3.15. The van der Waals surface area contributed by atoms with Crippen molar-refractivity contribution in [3.8, 4) is 0 Å². The summed E-state index contributed by atoms with van der Waals surface area (Å²) in [6.45, 7) is 1.54. The Labute approximate surface area is 44.3 Å². The van der Waals surface area contributed by atoms with Crippen LogP contribution in [-0.2, 0) is 4.74 Å². The first-order valence-electron chi connectivity index (χ1n) is 1.72. The molecule has 1 aliphatic rings. The van der Waals surface area contributed by atoms with Crippen LogP contribution in [0.3, 0.4) is 0 Å². The molecule has 0 unspecified atom stereocenters. The Morgan fingerprint density at radius 1 is 1.83 bits per heavy atom. The molecule has 1 rings (SSSR count). The average Bonchev–Trinajstić information content (AvgIpc) is 1.86. The first kappa shape index (κ1) is 4.12. The predicted molar refractivity (Wildman–Crippen MR) is 27.2 cm³/mol. The van der Waals surface area contributed by atoms with E-state index >= 15 is 0 Å². The van der Waals surface area contributed by atoms with Crippen molar-refractivity contribution in [1.82, 2.24) is 0 Å². The smallest absolute Gasteiger partial charge is 0.254 e. The van der Waals surface area contributed by atoms with Gasteiger partial charge in [-0.25, -0.2) is 4.99 Å². The van der Waals surface area contributed by atoms with Crippen molar-refractivity contribution < 1.29 is 4.74 Å². The summed E-state index contributed by atoms with van der Waals surface area (Å²) in [5.74, 6) is 0. The summed E-state index contributed by atoms with van der Waals surface area (Å²) in [5, 5.41) is 0. The molecule has 0 saturated heterocycles. The summed E-state index contributed by atoms with van der Waals surface area (Å²) in [6, 6.07) is 0. The first-order chi connectivity index (χ1) is 2.89. The number of hydrogen-bond donors (Lipinski definition) is 0. The lowest BCUT2D eigenvalue weighted by Gasteiger charge is -1.83. The number of ether oxygens (including phenoxy) is 1. The molecule has 0 N–H and O–H groups in total. The summed E-state index contributed by atoms with van der Waals surface area (Å²) >= 11 is 3.07. The monoisotopic (exact) mass is 149 g/mol. The molecule has 0 radical (unpaired) electrons. The Bertz CT molecular complexity index is 80.9. The average molecular weight is 150 g/mol. The van der Waals surface area contributed by atoms with Gasteiger partial charge in [0, 0.05) is 15.9 Å². The van der Waals surface area contributed by atoms with E-state index in [2.05, 4.69) is 20.9 Å². The van der Waals surface area contributed by atoms with Gasteiger partial charge in [0.2, 0.25) is 0 Å². The minimum absolute atomic E-state index is 0.641. The van der Waals surface area contributed by atoms with Gasteiger partial charge in [-0.2, -0.15) is 0 Å². The SMILES string of the molecule is BrC1=NCCO1. The minimum atomic E-state index is 0.641. The second-order valence-electron chi connectivity index (χ2n) is 0.983. The van der Waals surface area contributed by atoms with Crippen molar-refractivity contribution in [3.05, 3.63) is 0 Å². The number of aliphatic imine (C=N–C) groups is 1. The van der Waals surface area contributed by atoms with Crippen LogP contribution in [0.4, 0.5) is 0 Å². The maximum atomic E-state index is 4.82. The minimum Gasteiger partial charge on any atom is -0.471 e. The fraction of sp³-hybridized carbons (Fsp3) is 0.667. The molecule has 2 nitrogen and oxygen atoms in total. The van der Waals surface area contributed by atoms with Gasteiger partial charge in [0.25, 0.3) is 4.81 Å². The van der Waals surface area contributed by atoms with Crippen molar-refractivity contribution in [2.45, 2.75) is 0 Å². The van der Waals surface area contributed by atoms with E-state index in [1.54, 1.807) is 0 Å². The van der Waals surface area contributed by atoms with Crippen LogP contribution in [0.2, 0.25) is 0 Å². The molecule has 0 bridgehead atoms. The van der Waals surface area contributed by atoms with Crippen molar-refractivity contribution in [3.63, 3.8) is 0 Å². The number of rotatable bonds is 0. The van der Waals surface area contributed by atoms with E-state index in [0.717, 1.165) is 13.2 Å². The molecule has 3 heteroatoms. The highest BCUT2D eigenvalue weighted by atomic mass is 79.9. The quantitative estimate of drug-likeness (QED) is 0.499. The third kappa shape index (κ3) is 0.712. The fourth-order valence-corrected chi connectivity index (χ4v) is 0.648. The number of hydrogen-bond acceptors (Lipinski definition) is 2. The molecule has 0 atom stereocenters. The zero-order valence-corrected chi connectivity index (χ0v) is 4.73. The lowest BCUT2D eigenvalue weighted by atomic mass is 10.8. The van der Waals surface area contributed by atoms with Gasteiger partial charge < -0.3 is 4.74 Å². The van der Waals surface area contributed by atoms with Crippen molar-refractivity contribution in [2.24, 2.45) is 4.99 Å². The maximum absolute atomic E-state index is 4.82. The number of nitrogens with zero attached hydrogens (tertiary/aromatic N) is 1. The van der Waals surface area contributed by atoms with Gasteiger partial charge in [0.1, 0.15) is 6.61 Å². The van der Waals surface area contributed by atoms with Crippen molar-refractivity contribution in [1.29, 1.82) is 0 Å². The Balaban J connectivity index is 2.45. The molecule has 0 amide bonds. The Morgan fingerprint density at radius 3 is 2.83 bits per heavy atom. The molecule has 1 heterocycles. The predicted octanol–water partition coefficient (Wildman–Crippen LogP) is 0.767. The maximum Gasteiger partial charge on any atom is 0.254 e. The summed E-state index contributed by atoms with van der Waals surface area (Å²) in [7, 11) is 0. The molecule has 0 aromatic carbocycles. The van der Waals surface area contributed by atoms with Crippen LogP contribution < -0.4 is 0 Å². The van der Waals surface area contributed by atoms with Gasteiger partial charge in [-0.15, -0.1) is 0 Å². The largest absolute Gasteiger partial charge is 0.471 e. The highest BCUT2D eigenvalue weighted by Gasteiger charge is 1.98. The summed E-state index contributed by atoms with van der Waals surface area (Å²) in [6.07, 6.45) is 0. The highest BCUT2D eigenvalue weighted by Crippen LogP contribution is 1.98. The second-order valence-corrected chi connectivity index (χ2v) is 1.66.